The van der Waals surface area contributed by atoms with Gasteiger partial charge in [0.2, 0.25) is 15.8 Å². The number of para-hydroxylation sites is 1. The normalized spacial score (nSPS) is 18.6. The van der Waals surface area contributed by atoms with E-state index in [9.17, 15) is 21.6 Å². The molecule has 0 saturated carbocycles. The van der Waals surface area contributed by atoms with Gasteiger partial charge in [0.05, 0.1) is 4.90 Å². The van der Waals surface area contributed by atoms with E-state index in [1.807, 2.05) is 18.2 Å². The van der Waals surface area contributed by atoms with Crippen LogP contribution in [0.2, 0.25) is 0 Å². The molecular formula is C22H25F3N2O6S. The van der Waals surface area contributed by atoms with Crippen LogP contribution in [0.3, 0.4) is 0 Å². The van der Waals surface area contributed by atoms with Gasteiger partial charge < -0.3 is 18.9 Å². The van der Waals surface area contributed by atoms with Crippen molar-refractivity contribution in [2.24, 2.45) is 5.92 Å². The van der Waals surface area contributed by atoms with Crippen LogP contribution in [0.1, 0.15) is 6.42 Å². The number of benzene rings is 2. The van der Waals surface area contributed by atoms with Crippen LogP contribution in [0.25, 0.3) is 0 Å². The van der Waals surface area contributed by atoms with E-state index < -0.39 is 22.1 Å². The lowest BCUT2D eigenvalue weighted by Crippen LogP contribution is -2.32. The van der Waals surface area contributed by atoms with Crippen molar-refractivity contribution >= 4 is 10.0 Å². The van der Waals surface area contributed by atoms with Crippen molar-refractivity contribution in [2.45, 2.75) is 17.7 Å². The number of halogens is 3. The first-order valence-corrected chi connectivity index (χ1v) is 12.3. The molecule has 0 spiro atoms. The molecule has 2 aromatic carbocycles. The Morgan fingerprint density at radius 3 is 2.62 bits per heavy atom. The minimum absolute atomic E-state index is 0.115. The number of fused-ring (bicyclic) bond motifs is 1. The Hall–Kier alpha value is -2.70. The van der Waals surface area contributed by atoms with Crippen molar-refractivity contribution in [1.29, 1.82) is 0 Å². The maximum atomic E-state index is 12.5. The van der Waals surface area contributed by atoms with E-state index in [0.29, 0.717) is 50.2 Å². The lowest BCUT2D eigenvalue weighted by molar-refractivity contribution is -0.274. The third-order valence-electron chi connectivity index (χ3n) is 5.49. The van der Waals surface area contributed by atoms with Gasteiger partial charge in [-0.2, -0.15) is 0 Å². The fourth-order valence-electron chi connectivity index (χ4n) is 3.86. The van der Waals surface area contributed by atoms with Crippen LogP contribution in [0.15, 0.2) is 47.4 Å². The number of nitrogens with zero attached hydrogens (tertiary/aromatic N) is 1. The van der Waals surface area contributed by atoms with Crippen molar-refractivity contribution in [3.05, 3.63) is 42.5 Å². The molecule has 0 aliphatic carbocycles. The van der Waals surface area contributed by atoms with Gasteiger partial charge in [-0.3, -0.25) is 4.90 Å². The van der Waals surface area contributed by atoms with Gasteiger partial charge >= 0.3 is 6.36 Å². The number of sulfonamides is 1. The topological polar surface area (TPSA) is 86.3 Å². The summed E-state index contributed by atoms with van der Waals surface area (Å²) in [7, 11) is -3.84. The second kappa shape index (κ2) is 10.3. The lowest BCUT2D eigenvalue weighted by atomic mass is 10.1. The van der Waals surface area contributed by atoms with Crippen LogP contribution in [0, 0.1) is 5.92 Å². The molecule has 186 valence electrons. The zero-order chi connectivity index (χ0) is 24.2. The molecule has 2 aliphatic heterocycles. The SMILES string of the molecule is O=S(=O)(NCC1CCN(CCOc2cccc3c2OCCO3)C1)c1ccc(OC(F)(F)F)cc1. The monoisotopic (exact) mass is 502 g/mol. The predicted molar refractivity (Wildman–Crippen MR) is 116 cm³/mol. The number of ether oxygens (including phenoxy) is 4. The molecule has 2 aliphatic rings. The van der Waals surface area contributed by atoms with Gasteiger partial charge in [0.1, 0.15) is 25.6 Å². The summed E-state index contributed by atoms with van der Waals surface area (Å²) in [5, 5.41) is 0. The van der Waals surface area contributed by atoms with Crippen LogP contribution in [0.4, 0.5) is 13.2 Å². The molecule has 1 atom stereocenters. The first-order chi connectivity index (χ1) is 16.2. The Balaban J connectivity index is 1.21. The minimum atomic E-state index is -4.83. The fourth-order valence-corrected chi connectivity index (χ4v) is 4.98. The second-order valence-electron chi connectivity index (χ2n) is 7.96. The van der Waals surface area contributed by atoms with Crippen LogP contribution >= 0.6 is 0 Å². The van der Waals surface area contributed by atoms with E-state index in [1.54, 1.807) is 0 Å². The highest BCUT2D eigenvalue weighted by atomic mass is 32.2. The number of alkyl halides is 3. The molecular weight excluding hydrogens is 477 g/mol. The summed E-state index contributed by atoms with van der Waals surface area (Å²) in [4.78, 5) is 2.07. The summed E-state index contributed by atoms with van der Waals surface area (Å²) in [5.41, 5.74) is 0. The molecule has 0 amide bonds. The van der Waals surface area contributed by atoms with Crippen LogP contribution in [-0.2, 0) is 10.0 Å². The molecule has 2 heterocycles. The Kier molecular flexibility index (Phi) is 7.39. The van der Waals surface area contributed by atoms with Crippen molar-refractivity contribution in [1.82, 2.24) is 9.62 Å². The van der Waals surface area contributed by atoms with Gasteiger partial charge in [-0.05, 0) is 55.3 Å². The molecule has 12 heteroatoms. The second-order valence-corrected chi connectivity index (χ2v) is 9.72. The molecule has 1 N–H and O–H groups in total. The number of hydrogen-bond donors (Lipinski definition) is 1. The number of hydrogen-bond acceptors (Lipinski definition) is 7. The predicted octanol–water partition coefficient (Wildman–Crippen LogP) is 3.04. The summed E-state index contributed by atoms with van der Waals surface area (Å²) < 4.78 is 85.1. The van der Waals surface area contributed by atoms with Crippen LogP contribution in [0.5, 0.6) is 23.0 Å². The zero-order valence-corrected chi connectivity index (χ0v) is 19.0. The zero-order valence-electron chi connectivity index (χ0n) is 18.2. The first kappa shape index (κ1) is 24.4. The summed E-state index contributed by atoms with van der Waals surface area (Å²) in [6.07, 6.45) is -4.01. The van der Waals surface area contributed by atoms with E-state index in [-0.39, 0.29) is 17.4 Å². The van der Waals surface area contributed by atoms with Gasteiger partial charge in [0, 0.05) is 19.6 Å². The van der Waals surface area contributed by atoms with Crippen molar-refractivity contribution in [3.63, 3.8) is 0 Å². The summed E-state index contributed by atoms with van der Waals surface area (Å²) in [6.45, 7) is 3.86. The summed E-state index contributed by atoms with van der Waals surface area (Å²) in [5.74, 6) is 1.55. The highest BCUT2D eigenvalue weighted by Gasteiger charge is 2.31. The number of rotatable bonds is 9. The molecule has 8 nitrogen and oxygen atoms in total. The van der Waals surface area contributed by atoms with Gasteiger partial charge in [-0.25, -0.2) is 13.1 Å². The van der Waals surface area contributed by atoms with Gasteiger partial charge in [0.15, 0.2) is 11.5 Å². The van der Waals surface area contributed by atoms with E-state index in [1.165, 1.54) is 0 Å². The summed E-state index contributed by atoms with van der Waals surface area (Å²) in [6, 6.07) is 9.62. The number of nitrogens with one attached hydrogen (secondary N) is 1. The standard InChI is InChI=1S/C22H25F3N2O6S/c23-22(24,25)33-17-4-6-18(7-5-17)34(28,29)26-14-16-8-9-27(15-16)10-11-30-19-2-1-3-20-21(19)32-13-12-31-20/h1-7,16,26H,8-15H2. The lowest BCUT2D eigenvalue weighted by Gasteiger charge is -2.22. The molecule has 1 unspecified atom stereocenters. The highest BCUT2D eigenvalue weighted by molar-refractivity contribution is 7.89. The highest BCUT2D eigenvalue weighted by Crippen LogP contribution is 2.38. The van der Waals surface area contributed by atoms with E-state index in [0.717, 1.165) is 37.2 Å². The third-order valence-corrected chi connectivity index (χ3v) is 6.93. The van der Waals surface area contributed by atoms with E-state index in [4.69, 9.17) is 14.2 Å². The molecule has 34 heavy (non-hydrogen) atoms. The van der Waals surface area contributed by atoms with Crippen molar-refractivity contribution in [2.75, 3.05) is 46.0 Å². The molecule has 1 fully saturated rings. The fraction of sp³-hybridized carbons (Fsp3) is 0.455. The van der Waals surface area contributed by atoms with Crippen LogP contribution in [-0.4, -0.2) is 65.7 Å². The van der Waals surface area contributed by atoms with Crippen molar-refractivity contribution in [3.8, 4) is 23.0 Å². The Bertz CT molecular complexity index is 1080. The Morgan fingerprint density at radius 1 is 1.09 bits per heavy atom. The largest absolute Gasteiger partial charge is 0.573 e. The van der Waals surface area contributed by atoms with E-state index >= 15 is 0 Å². The van der Waals surface area contributed by atoms with Gasteiger partial charge in [-0.15, -0.1) is 13.2 Å². The average Bonchev–Trinajstić information content (AvgIpc) is 3.25. The first-order valence-electron chi connectivity index (χ1n) is 10.8. The Morgan fingerprint density at radius 2 is 1.85 bits per heavy atom. The van der Waals surface area contributed by atoms with Crippen molar-refractivity contribution < 1.29 is 40.5 Å². The molecule has 2 aromatic rings. The van der Waals surface area contributed by atoms with E-state index in [2.05, 4.69) is 14.4 Å². The van der Waals surface area contributed by atoms with Gasteiger partial charge in [0.25, 0.3) is 0 Å². The smallest absolute Gasteiger partial charge is 0.488 e. The maximum Gasteiger partial charge on any atom is 0.573 e. The number of likely N-dealkylation sites (tertiary alicyclic amines) is 1. The Labute approximate surface area is 195 Å². The van der Waals surface area contributed by atoms with Gasteiger partial charge in [-0.1, -0.05) is 6.07 Å². The molecule has 0 aromatic heterocycles. The maximum absolute atomic E-state index is 12.5. The molecule has 0 bridgehead atoms. The summed E-state index contributed by atoms with van der Waals surface area (Å²) >= 11 is 0. The quantitative estimate of drug-likeness (QED) is 0.564. The molecule has 1 saturated heterocycles. The minimum Gasteiger partial charge on any atom is -0.488 e. The van der Waals surface area contributed by atoms with Crippen LogP contribution < -0.4 is 23.7 Å². The molecule has 0 radical (unpaired) electrons. The average molecular weight is 503 g/mol. The third kappa shape index (κ3) is 6.45. The molecule has 4 rings (SSSR count).